The first-order valence-electron chi connectivity index (χ1n) is 12.3. The molecule has 3 heterocycles. The smallest absolute Gasteiger partial charge is 0.257 e. The molecule has 0 unspecified atom stereocenters. The van der Waals surface area contributed by atoms with E-state index in [1.807, 2.05) is 6.92 Å². The standard InChI is InChI=1S/C25H35N3O6/c1-3-10-26-23(29)14-18-5-6-20-22(34-18)15-33-21-7-4-17(13-19(21)25(31)28(20)2)27-24(30)16-8-11-32-12-9-16/h4,7,13,16,18,20,22H,3,5-6,8-12,14-15H2,1-2H3,(H,26,29)(H,27,30)/t18-,20+,22+/m1/s1. The molecular weight excluding hydrogens is 438 g/mol. The number of likely N-dealkylation sites (N-methyl/N-ethyl adjacent to an activating group) is 1. The van der Waals surface area contributed by atoms with Gasteiger partial charge in [0.05, 0.1) is 24.1 Å². The molecule has 1 aromatic rings. The van der Waals surface area contributed by atoms with E-state index in [9.17, 15) is 14.4 Å². The van der Waals surface area contributed by atoms with Gasteiger partial charge in [0.15, 0.2) is 0 Å². The lowest BCUT2D eigenvalue weighted by Gasteiger charge is -2.42. The predicted octanol–water partition coefficient (Wildman–Crippen LogP) is 2.35. The third-order valence-electron chi connectivity index (χ3n) is 6.86. The number of carbonyl (C=O) groups is 3. The van der Waals surface area contributed by atoms with Crippen molar-refractivity contribution in [2.75, 3.05) is 38.7 Å². The Hall–Kier alpha value is -2.65. The van der Waals surface area contributed by atoms with Gasteiger partial charge in [-0.3, -0.25) is 14.4 Å². The molecule has 0 aliphatic carbocycles. The lowest BCUT2D eigenvalue weighted by atomic mass is 9.94. The molecule has 0 bridgehead atoms. The molecule has 4 rings (SSSR count). The number of carbonyl (C=O) groups excluding carboxylic acids is 3. The number of amides is 3. The number of ether oxygens (including phenoxy) is 3. The molecule has 0 aromatic heterocycles. The quantitative estimate of drug-likeness (QED) is 0.657. The van der Waals surface area contributed by atoms with Crippen molar-refractivity contribution < 1.29 is 28.6 Å². The third kappa shape index (κ3) is 5.70. The minimum absolute atomic E-state index is 0.0119. The van der Waals surface area contributed by atoms with Crippen LogP contribution in [0.4, 0.5) is 5.69 Å². The summed E-state index contributed by atoms with van der Waals surface area (Å²) in [7, 11) is 1.78. The maximum Gasteiger partial charge on any atom is 0.257 e. The fraction of sp³-hybridized carbons (Fsp3) is 0.640. The van der Waals surface area contributed by atoms with Gasteiger partial charge in [-0.05, 0) is 50.3 Å². The number of nitrogens with one attached hydrogen (secondary N) is 2. The summed E-state index contributed by atoms with van der Waals surface area (Å²) in [5.41, 5.74) is 1.00. The summed E-state index contributed by atoms with van der Waals surface area (Å²) in [6, 6.07) is 5.02. The molecular formula is C25H35N3O6. The van der Waals surface area contributed by atoms with Crippen LogP contribution in [0.2, 0.25) is 0 Å². The SMILES string of the molecule is CCCNC(=O)C[C@H]1CC[C@H]2[C@H](COc3ccc(NC(=O)C4CCOCC4)cc3C(=O)N2C)O1. The Kier molecular flexibility index (Phi) is 8.05. The molecule has 186 valence electrons. The highest BCUT2D eigenvalue weighted by atomic mass is 16.5. The van der Waals surface area contributed by atoms with Crippen LogP contribution in [-0.4, -0.2) is 74.3 Å². The molecule has 2 N–H and O–H groups in total. The number of nitrogens with zero attached hydrogens (tertiary/aromatic N) is 1. The van der Waals surface area contributed by atoms with Crippen molar-refractivity contribution in [1.82, 2.24) is 10.2 Å². The molecule has 0 saturated carbocycles. The normalized spacial score (nSPS) is 25.3. The second-order valence-electron chi connectivity index (χ2n) is 9.31. The van der Waals surface area contributed by atoms with Crippen molar-refractivity contribution in [2.45, 2.75) is 63.7 Å². The average Bonchev–Trinajstić information content (AvgIpc) is 2.85. The van der Waals surface area contributed by atoms with Crippen LogP contribution in [0.25, 0.3) is 0 Å². The molecule has 9 nitrogen and oxygen atoms in total. The van der Waals surface area contributed by atoms with Crippen LogP contribution < -0.4 is 15.4 Å². The fourth-order valence-corrected chi connectivity index (χ4v) is 4.85. The molecule has 1 aromatic carbocycles. The van der Waals surface area contributed by atoms with E-state index in [-0.39, 0.29) is 48.5 Å². The van der Waals surface area contributed by atoms with Crippen molar-refractivity contribution in [3.05, 3.63) is 23.8 Å². The summed E-state index contributed by atoms with van der Waals surface area (Å²) in [6.45, 7) is 4.15. The summed E-state index contributed by atoms with van der Waals surface area (Å²) in [6.07, 6.45) is 3.54. The van der Waals surface area contributed by atoms with Gasteiger partial charge in [0.1, 0.15) is 18.5 Å². The number of rotatable bonds is 6. The van der Waals surface area contributed by atoms with Gasteiger partial charge in [-0.15, -0.1) is 0 Å². The van der Waals surface area contributed by atoms with Gasteiger partial charge in [0.2, 0.25) is 11.8 Å². The molecule has 3 amide bonds. The van der Waals surface area contributed by atoms with Crippen LogP contribution in [0, 0.1) is 5.92 Å². The fourth-order valence-electron chi connectivity index (χ4n) is 4.85. The van der Waals surface area contributed by atoms with Crippen molar-refractivity contribution >= 4 is 23.4 Å². The van der Waals surface area contributed by atoms with Gasteiger partial charge in [-0.25, -0.2) is 0 Å². The summed E-state index contributed by atoms with van der Waals surface area (Å²) < 4.78 is 17.5. The highest BCUT2D eigenvalue weighted by molar-refractivity contribution is 6.00. The maximum absolute atomic E-state index is 13.4. The van der Waals surface area contributed by atoms with E-state index >= 15 is 0 Å². The van der Waals surface area contributed by atoms with Gasteiger partial charge < -0.3 is 29.7 Å². The Labute approximate surface area is 200 Å². The third-order valence-corrected chi connectivity index (χ3v) is 6.86. The van der Waals surface area contributed by atoms with E-state index in [4.69, 9.17) is 14.2 Å². The number of hydrogen-bond acceptors (Lipinski definition) is 6. The number of benzene rings is 1. The molecule has 2 saturated heterocycles. The lowest BCUT2D eigenvalue weighted by Crippen LogP contribution is -2.54. The summed E-state index contributed by atoms with van der Waals surface area (Å²) in [4.78, 5) is 39.8. The van der Waals surface area contributed by atoms with Gasteiger partial charge in [0.25, 0.3) is 5.91 Å². The van der Waals surface area contributed by atoms with E-state index in [0.717, 1.165) is 12.8 Å². The van der Waals surface area contributed by atoms with Gasteiger partial charge >= 0.3 is 0 Å². The zero-order valence-electron chi connectivity index (χ0n) is 20.0. The molecule has 2 fully saturated rings. The zero-order valence-corrected chi connectivity index (χ0v) is 20.0. The van der Waals surface area contributed by atoms with Crippen LogP contribution in [0.3, 0.4) is 0 Å². The van der Waals surface area contributed by atoms with Crippen molar-refractivity contribution in [3.63, 3.8) is 0 Å². The molecule has 3 aliphatic heterocycles. The van der Waals surface area contributed by atoms with E-state index in [1.165, 1.54) is 0 Å². The maximum atomic E-state index is 13.4. The topological polar surface area (TPSA) is 106 Å². The predicted molar refractivity (Wildman–Crippen MR) is 126 cm³/mol. The summed E-state index contributed by atoms with van der Waals surface area (Å²) >= 11 is 0. The average molecular weight is 474 g/mol. The van der Waals surface area contributed by atoms with Gasteiger partial charge in [0, 0.05) is 38.4 Å². The molecule has 3 atom stereocenters. The number of hydrogen-bond donors (Lipinski definition) is 2. The summed E-state index contributed by atoms with van der Waals surface area (Å²) in [5, 5.41) is 5.84. The number of fused-ring (bicyclic) bond motifs is 2. The van der Waals surface area contributed by atoms with Crippen LogP contribution in [-0.2, 0) is 19.1 Å². The highest BCUT2D eigenvalue weighted by Gasteiger charge is 2.39. The lowest BCUT2D eigenvalue weighted by molar-refractivity contribution is -0.134. The molecule has 0 radical (unpaired) electrons. The Balaban J connectivity index is 1.43. The Morgan fingerprint density at radius 3 is 2.71 bits per heavy atom. The molecule has 34 heavy (non-hydrogen) atoms. The van der Waals surface area contributed by atoms with Crippen LogP contribution in [0.5, 0.6) is 5.75 Å². The second-order valence-corrected chi connectivity index (χ2v) is 9.31. The number of anilines is 1. The van der Waals surface area contributed by atoms with Crippen molar-refractivity contribution in [1.29, 1.82) is 0 Å². The zero-order chi connectivity index (χ0) is 24.1. The molecule has 0 spiro atoms. The first kappa shape index (κ1) is 24.5. The van der Waals surface area contributed by atoms with E-state index in [0.29, 0.717) is 62.4 Å². The minimum atomic E-state index is -0.312. The largest absolute Gasteiger partial charge is 0.490 e. The molecule has 9 heteroatoms. The first-order chi connectivity index (χ1) is 16.5. The van der Waals surface area contributed by atoms with E-state index < -0.39 is 0 Å². The second kappa shape index (κ2) is 11.2. The first-order valence-corrected chi connectivity index (χ1v) is 12.3. The Bertz CT molecular complexity index is 901. The van der Waals surface area contributed by atoms with Gasteiger partial charge in [-0.1, -0.05) is 6.92 Å². The van der Waals surface area contributed by atoms with E-state index in [2.05, 4.69) is 10.6 Å². The molecule has 3 aliphatic rings. The van der Waals surface area contributed by atoms with Crippen molar-refractivity contribution in [3.8, 4) is 5.75 Å². The Morgan fingerprint density at radius 1 is 1.15 bits per heavy atom. The van der Waals surface area contributed by atoms with Crippen LogP contribution in [0.1, 0.15) is 55.8 Å². The summed E-state index contributed by atoms with van der Waals surface area (Å²) in [5.74, 6) is 0.149. The van der Waals surface area contributed by atoms with E-state index in [1.54, 1.807) is 30.1 Å². The van der Waals surface area contributed by atoms with Crippen LogP contribution >= 0.6 is 0 Å². The Morgan fingerprint density at radius 2 is 1.94 bits per heavy atom. The monoisotopic (exact) mass is 473 g/mol. The van der Waals surface area contributed by atoms with Crippen LogP contribution in [0.15, 0.2) is 18.2 Å². The van der Waals surface area contributed by atoms with Crippen molar-refractivity contribution in [2.24, 2.45) is 5.92 Å². The van der Waals surface area contributed by atoms with Gasteiger partial charge in [-0.2, -0.15) is 0 Å². The highest BCUT2D eigenvalue weighted by Crippen LogP contribution is 2.32. The minimum Gasteiger partial charge on any atom is -0.490 e.